The molecule has 2 aromatic rings. The summed E-state index contributed by atoms with van der Waals surface area (Å²) in [6.45, 7) is 3.63. The van der Waals surface area contributed by atoms with Crippen molar-refractivity contribution in [2.75, 3.05) is 6.61 Å². The number of carbonyl (C=O) groups excluding carboxylic acids is 1. The maximum absolute atomic E-state index is 11.7. The van der Waals surface area contributed by atoms with Crippen LogP contribution in [0.5, 0.6) is 5.75 Å². The second-order valence-electron chi connectivity index (χ2n) is 5.17. The average molecular weight is 327 g/mol. The van der Waals surface area contributed by atoms with Crippen LogP contribution in [0.1, 0.15) is 16.7 Å². The smallest absolute Gasteiger partial charge is 0.278 e. The van der Waals surface area contributed by atoms with Crippen LogP contribution in [0.4, 0.5) is 5.69 Å². The highest BCUT2D eigenvalue weighted by molar-refractivity contribution is 5.86. The van der Waals surface area contributed by atoms with Gasteiger partial charge in [0.05, 0.1) is 16.7 Å². The topological polar surface area (TPSA) is 93.8 Å². The molecule has 0 aliphatic heterocycles. The molecule has 0 aliphatic rings. The molecule has 7 heteroatoms. The van der Waals surface area contributed by atoms with Crippen molar-refractivity contribution in [3.63, 3.8) is 0 Å². The van der Waals surface area contributed by atoms with E-state index in [0.29, 0.717) is 11.3 Å². The highest BCUT2D eigenvalue weighted by atomic mass is 16.6. The number of hydrogen-bond acceptors (Lipinski definition) is 5. The minimum Gasteiger partial charge on any atom is -0.483 e. The van der Waals surface area contributed by atoms with Gasteiger partial charge in [0.25, 0.3) is 11.6 Å². The Kier molecular flexibility index (Phi) is 5.62. The predicted octanol–water partition coefficient (Wildman–Crippen LogP) is 2.74. The van der Waals surface area contributed by atoms with E-state index in [1.54, 1.807) is 18.2 Å². The molecule has 0 atom stereocenters. The van der Waals surface area contributed by atoms with Crippen molar-refractivity contribution in [2.24, 2.45) is 5.10 Å². The number of nitro benzene ring substituents is 1. The van der Waals surface area contributed by atoms with Crippen molar-refractivity contribution in [3.8, 4) is 5.75 Å². The van der Waals surface area contributed by atoms with Crippen LogP contribution in [-0.2, 0) is 4.79 Å². The molecule has 0 spiro atoms. The molecule has 124 valence electrons. The molecule has 24 heavy (non-hydrogen) atoms. The van der Waals surface area contributed by atoms with E-state index in [9.17, 15) is 14.9 Å². The van der Waals surface area contributed by atoms with Crippen LogP contribution >= 0.6 is 0 Å². The number of hydrogen-bond donors (Lipinski definition) is 1. The fraction of sp³-hybridized carbons (Fsp3) is 0.176. The van der Waals surface area contributed by atoms with E-state index in [0.717, 1.165) is 11.1 Å². The summed E-state index contributed by atoms with van der Waals surface area (Å²) in [7, 11) is 0. The van der Waals surface area contributed by atoms with Crippen LogP contribution < -0.4 is 10.2 Å². The molecule has 1 amide bonds. The zero-order valence-electron chi connectivity index (χ0n) is 13.4. The number of amides is 1. The van der Waals surface area contributed by atoms with Crippen molar-refractivity contribution in [3.05, 3.63) is 69.3 Å². The first-order valence-corrected chi connectivity index (χ1v) is 7.23. The summed E-state index contributed by atoms with van der Waals surface area (Å²) in [6, 6.07) is 11.8. The molecule has 0 heterocycles. The fourth-order valence-electron chi connectivity index (χ4n) is 1.98. The third-order valence-corrected chi connectivity index (χ3v) is 3.23. The molecule has 0 bridgehead atoms. The molecule has 0 aromatic heterocycles. The summed E-state index contributed by atoms with van der Waals surface area (Å²) in [6.07, 6.45) is 1.23. The van der Waals surface area contributed by atoms with Crippen molar-refractivity contribution in [1.29, 1.82) is 0 Å². The Balaban J connectivity index is 1.92. The lowest BCUT2D eigenvalue weighted by Gasteiger charge is -2.08. The number of para-hydroxylation sites is 1. The Morgan fingerprint density at radius 1 is 1.29 bits per heavy atom. The molecule has 0 saturated heterocycles. The van der Waals surface area contributed by atoms with Gasteiger partial charge in [-0.25, -0.2) is 5.43 Å². The Morgan fingerprint density at radius 2 is 2.04 bits per heavy atom. The summed E-state index contributed by atoms with van der Waals surface area (Å²) in [5, 5.41) is 14.6. The Bertz CT molecular complexity index is 787. The van der Waals surface area contributed by atoms with Crippen molar-refractivity contribution < 1.29 is 14.5 Å². The van der Waals surface area contributed by atoms with Gasteiger partial charge in [0.15, 0.2) is 6.61 Å². The number of benzene rings is 2. The Morgan fingerprint density at radius 3 is 2.79 bits per heavy atom. The minimum absolute atomic E-state index is 0.0814. The van der Waals surface area contributed by atoms with E-state index in [-0.39, 0.29) is 12.3 Å². The van der Waals surface area contributed by atoms with E-state index >= 15 is 0 Å². The van der Waals surface area contributed by atoms with E-state index < -0.39 is 10.8 Å². The van der Waals surface area contributed by atoms with Crippen LogP contribution in [0.25, 0.3) is 0 Å². The molecule has 0 radical (unpaired) electrons. The number of rotatable bonds is 6. The number of hydrazone groups is 1. The van der Waals surface area contributed by atoms with Crippen LogP contribution in [-0.4, -0.2) is 23.7 Å². The largest absolute Gasteiger partial charge is 0.483 e. The van der Waals surface area contributed by atoms with Crippen molar-refractivity contribution in [2.45, 2.75) is 13.8 Å². The quantitative estimate of drug-likeness (QED) is 0.501. The van der Waals surface area contributed by atoms with Crippen molar-refractivity contribution in [1.82, 2.24) is 5.43 Å². The van der Waals surface area contributed by atoms with Crippen LogP contribution in [0.15, 0.2) is 47.6 Å². The first-order valence-electron chi connectivity index (χ1n) is 7.23. The van der Waals surface area contributed by atoms with E-state index in [2.05, 4.69) is 10.5 Å². The van der Waals surface area contributed by atoms with Crippen LogP contribution in [0.2, 0.25) is 0 Å². The summed E-state index contributed by atoms with van der Waals surface area (Å²) >= 11 is 0. The maximum Gasteiger partial charge on any atom is 0.278 e. The number of aryl methyl sites for hydroxylation is 2. The standard InChI is InChI=1S/C17H17N3O4/c1-12-7-8-13(2)16(9-12)24-11-17(21)19-18-10-14-5-3-4-6-15(14)20(22)23/h3-10H,11H2,1-2H3,(H,19,21)/b18-10+. The minimum atomic E-state index is -0.507. The molecular formula is C17H17N3O4. The van der Waals surface area contributed by atoms with E-state index in [4.69, 9.17) is 4.74 Å². The third kappa shape index (κ3) is 4.64. The van der Waals surface area contributed by atoms with Gasteiger partial charge in [0, 0.05) is 6.07 Å². The maximum atomic E-state index is 11.7. The zero-order chi connectivity index (χ0) is 17.5. The molecular weight excluding hydrogens is 310 g/mol. The van der Waals surface area contributed by atoms with Gasteiger partial charge in [0.2, 0.25) is 0 Å². The lowest BCUT2D eigenvalue weighted by atomic mass is 10.1. The Hall–Kier alpha value is -3.22. The highest BCUT2D eigenvalue weighted by Crippen LogP contribution is 2.18. The van der Waals surface area contributed by atoms with Crippen LogP contribution in [0, 0.1) is 24.0 Å². The molecule has 0 aliphatic carbocycles. The second-order valence-corrected chi connectivity index (χ2v) is 5.17. The predicted molar refractivity (Wildman–Crippen MR) is 90.2 cm³/mol. The number of nitro groups is 1. The molecule has 2 rings (SSSR count). The third-order valence-electron chi connectivity index (χ3n) is 3.23. The number of carbonyl (C=O) groups is 1. The van der Waals surface area contributed by atoms with Gasteiger partial charge in [-0.3, -0.25) is 14.9 Å². The summed E-state index contributed by atoms with van der Waals surface area (Å²) in [4.78, 5) is 22.1. The van der Waals surface area contributed by atoms with Crippen molar-refractivity contribution >= 4 is 17.8 Å². The average Bonchev–Trinajstić information content (AvgIpc) is 2.56. The first kappa shape index (κ1) is 17.1. The van der Waals surface area contributed by atoms with Crippen LogP contribution in [0.3, 0.4) is 0 Å². The zero-order valence-corrected chi connectivity index (χ0v) is 13.4. The van der Waals surface area contributed by atoms with Gasteiger partial charge in [-0.2, -0.15) is 5.10 Å². The van der Waals surface area contributed by atoms with E-state index in [1.807, 2.05) is 32.0 Å². The second kappa shape index (κ2) is 7.87. The highest BCUT2D eigenvalue weighted by Gasteiger charge is 2.10. The molecule has 0 fully saturated rings. The Labute approximate surface area is 139 Å². The van der Waals surface area contributed by atoms with Gasteiger partial charge in [-0.05, 0) is 37.1 Å². The van der Waals surface area contributed by atoms with Gasteiger partial charge in [-0.1, -0.05) is 24.3 Å². The van der Waals surface area contributed by atoms with Gasteiger partial charge < -0.3 is 4.74 Å². The molecule has 7 nitrogen and oxygen atoms in total. The monoisotopic (exact) mass is 327 g/mol. The summed E-state index contributed by atoms with van der Waals surface area (Å²) in [5.74, 6) is 0.179. The molecule has 2 aromatic carbocycles. The SMILES string of the molecule is Cc1ccc(C)c(OCC(=O)N/N=C/c2ccccc2[N+](=O)[O-])c1. The first-order chi connectivity index (χ1) is 11.5. The van der Waals surface area contributed by atoms with E-state index in [1.165, 1.54) is 12.3 Å². The summed E-state index contributed by atoms with van der Waals surface area (Å²) < 4.78 is 5.45. The molecule has 0 unspecified atom stereocenters. The molecule has 0 saturated carbocycles. The van der Waals surface area contributed by atoms with Gasteiger partial charge in [-0.15, -0.1) is 0 Å². The fourth-order valence-corrected chi connectivity index (χ4v) is 1.98. The molecule has 1 N–H and O–H groups in total. The van der Waals surface area contributed by atoms with Gasteiger partial charge in [0.1, 0.15) is 5.75 Å². The lowest BCUT2D eigenvalue weighted by Crippen LogP contribution is -2.24. The number of nitrogens with zero attached hydrogens (tertiary/aromatic N) is 2. The summed E-state index contributed by atoms with van der Waals surface area (Å²) in [5.41, 5.74) is 4.47. The number of nitrogens with one attached hydrogen (secondary N) is 1. The van der Waals surface area contributed by atoms with Gasteiger partial charge >= 0.3 is 0 Å². The normalized spacial score (nSPS) is 10.6. The lowest BCUT2D eigenvalue weighted by molar-refractivity contribution is -0.385. The number of ether oxygens (including phenoxy) is 1.